The van der Waals surface area contributed by atoms with Gasteiger partial charge in [-0.3, -0.25) is 9.69 Å². The number of nitrogens with one attached hydrogen (secondary N) is 1. The zero-order chi connectivity index (χ0) is 19.4. The van der Waals surface area contributed by atoms with Crippen molar-refractivity contribution in [1.29, 1.82) is 0 Å². The monoisotopic (exact) mass is 396 g/mol. The first kappa shape index (κ1) is 19.5. The van der Waals surface area contributed by atoms with Crippen LogP contribution in [0.2, 0.25) is 0 Å². The van der Waals surface area contributed by atoms with Crippen LogP contribution in [-0.2, 0) is 16.6 Å². The van der Waals surface area contributed by atoms with Gasteiger partial charge in [-0.1, -0.05) is 13.8 Å². The van der Waals surface area contributed by atoms with E-state index >= 15 is 0 Å². The van der Waals surface area contributed by atoms with Crippen molar-refractivity contribution in [1.82, 2.24) is 29.3 Å². The number of carbonyl (C=O) groups is 1. The van der Waals surface area contributed by atoms with E-state index in [4.69, 9.17) is 4.42 Å². The number of aromatic amines is 1. The van der Waals surface area contributed by atoms with E-state index < -0.39 is 10.0 Å². The van der Waals surface area contributed by atoms with Crippen molar-refractivity contribution in [3.8, 4) is 0 Å². The molecule has 0 saturated carbocycles. The molecular formula is C16H24N6O4S. The predicted octanol–water partition coefficient (Wildman–Crippen LogP) is 0.386. The summed E-state index contributed by atoms with van der Waals surface area (Å²) in [5.74, 6) is 0.801. The third-order valence-corrected chi connectivity index (χ3v) is 6.38. The minimum absolute atomic E-state index is 0.186. The molecule has 1 amide bonds. The quantitative estimate of drug-likeness (QED) is 0.719. The lowest BCUT2D eigenvalue weighted by Gasteiger charge is -2.32. The Morgan fingerprint density at radius 2 is 1.93 bits per heavy atom. The third kappa shape index (κ3) is 4.20. The maximum Gasteiger partial charge on any atom is 0.289 e. The lowest BCUT2D eigenvalue weighted by Crippen LogP contribution is -2.50. The highest BCUT2D eigenvalue weighted by molar-refractivity contribution is 7.88. The van der Waals surface area contributed by atoms with E-state index in [0.29, 0.717) is 6.54 Å². The average Bonchev–Trinajstić information content (AvgIpc) is 3.38. The van der Waals surface area contributed by atoms with Gasteiger partial charge in [0.2, 0.25) is 0 Å². The summed E-state index contributed by atoms with van der Waals surface area (Å²) in [6, 6.07) is 3.50. The highest BCUT2D eigenvalue weighted by Gasteiger charge is 2.32. The van der Waals surface area contributed by atoms with Crippen LogP contribution in [0.1, 0.15) is 30.2 Å². The van der Waals surface area contributed by atoms with E-state index in [1.807, 2.05) is 6.07 Å². The molecule has 0 aromatic carbocycles. The van der Waals surface area contributed by atoms with Gasteiger partial charge in [0.1, 0.15) is 12.1 Å². The summed E-state index contributed by atoms with van der Waals surface area (Å²) < 4.78 is 31.8. The van der Waals surface area contributed by atoms with Gasteiger partial charge >= 0.3 is 0 Å². The number of H-pyrrole nitrogens is 1. The molecule has 0 spiro atoms. The molecule has 2 aromatic heterocycles. The number of carbonyl (C=O) groups excluding carboxylic acids is 1. The van der Waals surface area contributed by atoms with Crippen LogP contribution in [0.25, 0.3) is 0 Å². The Balaban J connectivity index is 1.60. The Hall–Kier alpha value is -2.24. The molecule has 148 valence electrons. The SMILES string of the molecule is CCN(CC)Cc1ccc(C(=O)N2CCN(S(=O)(=O)c3ncn[nH]3)CC2)o1. The Bertz CT molecular complexity index is 851. The number of amides is 1. The van der Waals surface area contributed by atoms with E-state index in [-0.39, 0.29) is 43.0 Å². The molecule has 0 aliphatic carbocycles. The number of hydrogen-bond acceptors (Lipinski definition) is 7. The molecule has 0 bridgehead atoms. The van der Waals surface area contributed by atoms with Crippen LogP contribution >= 0.6 is 0 Å². The Labute approximate surface area is 158 Å². The standard InChI is InChI=1S/C16H24N6O4S/c1-3-20(4-2)11-13-5-6-14(26-13)15(23)21-7-9-22(10-8-21)27(24,25)16-17-12-18-19-16/h5-6,12H,3-4,7-11H2,1-2H3,(H,17,18,19). The zero-order valence-electron chi connectivity index (χ0n) is 15.5. The molecule has 1 aliphatic heterocycles. The van der Waals surface area contributed by atoms with Gasteiger partial charge in [-0.15, -0.1) is 0 Å². The maximum absolute atomic E-state index is 12.6. The summed E-state index contributed by atoms with van der Waals surface area (Å²) in [6.45, 7) is 7.59. The third-order valence-electron chi connectivity index (χ3n) is 4.65. The number of sulfonamides is 1. The number of hydrogen-bond donors (Lipinski definition) is 1. The normalized spacial score (nSPS) is 16.2. The molecular weight excluding hydrogens is 372 g/mol. The van der Waals surface area contributed by atoms with Crippen molar-refractivity contribution in [3.63, 3.8) is 0 Å². The first-order valence-electron chi connectivity index (χ1n) is 8.91. The second kappa shape index (κ2) is 8.19. The number of aromatic nitrogens is 3. The maximum atomic E-state index is 12.6. The summed E-state index contributed by atoms with van der Waals surface area (Å²) in [7, 11) is -3.71. The lowest BCUT2D eigenvalue weighted by atomic mass is 10.3. The van der Waals surface area contributed by atoms with Gasteiger partial charge in [-0.25, -0.2) is 18.5 Å². The first-order valence-corrected chi connectivity index (χ1v) is 10.4. The van der Waals surface area contributed by atoms with Gasteiger partial charge in [0, 0.05) is 26.2 Å². The van der Waals surface area contributed by atoms with E-state index in [0.717, 1.165) is 25.2 Å². The fourth-order valence-electron chi connectivity index (χ4n) is 2.97. The molecule has 10 nitrogen and oxygen atoms in total. The number of rotatable bonds is 7. The highest BCUT2D eigenvalue weighted by Crippen LogP contribution is 2.17. The summed E-state index contributed by atoms with van der Waals surface area (Å²) in [5.41, 5.74) is 0. The molecule has 3 heterocycles. The van der Waals surface area contributed by atoms with Crippen LogP contribution in [-0.4, -0.2) is 82.9 Å². The van der Waals surface area contributed by atoms with Gasteiger partial charge in [0.15, 0.2) is 5.76 Å². The summed E-state index contributed by atoms with van der Waals surface area (Å²) in [4.78, 5) is 20.2. The summed E-state index contributed by atoms with van der Waals surface area (Å²) in [6.07, 6.45) is 1.15. The molecule has 0 atom stereocenters. The van der Waals surface area contributed by atoms with E-state index in [2.05, 4.69) is 33.9 Å². The van der Waals surface area contributed by atoms with E-state index in [1.165, 1.54) is 4.31 Å². The molecule has 27 heavy (non-hydrogen) atoms. The van der Waals surface area contributed by atoms with Crippen molar-refractivity contribution in [2.24, 2.45) is 0 Å². The predicted molar refractivity (Wildman–Crippen MR) is 96.4 cm³/mol. The molecule has 1 saturated heterocycles. The van der Waals surface area contributed by atoms with Crippen molar-refractivity contribution in [2.75, 3.05) is 39.3 Å². The van der Waals surface area contributed by atoms with Crippen LogP contribution in [0.4, 0.5) is 0 Å². The lowest BCUT2D eigenvalue weighted by molar-refractivity contribution is 0.0662. The van der Waals surface area contributed by atoms with Crippen molar-refractivity contribution in [3.05, 3.63) is 30.0 Å². The van der Waals surface area contributed by atoms with Gasteiger partial charge in [0.05, 0.1) is 6.54 Å². The molecule has 1 aliphatic rings. The number of nitrogens with zero attached hydrogens (tertiary/aromatic N) is 5. The van der Waals surface area contributed by atoms with Gasteiger partial charge in [-0.2, -0.15) is 9.40 Å². The second-order valence-corrected chi connectivity index (χ2v) is 8.07. The molecule has 1 fully saturated rings. The first-order chi connectivity index (χ1) is 13.0. The highest BCUT2D eigenvalue weighted by atomic mass is 32.2. The van der Waals surface area contributed by atoms with E-state index in [9.17, 15) is 13.2 Å². The van der Waals surface area contributed by atoms with Crippen molar-refractivity contribution in [2.45, 2.75) is 25.5 Å². The zero-order valence-corrected chi connectivity index (χ0v) is 16.3. The number of furan rings is 1. The van der Waals surface area contributed by atoms with Crippen molar-refractivity contribution >= 4 is 15.9 Å². The molecule has 0 radical (unpaired) electrons. The van der Waals surface area contributed by atoms with Gasteiger partial charge in [0.25, 0.3) is 21.1 Å². The Kier molecular flexibility index (Phi) is 5.92. The van der Waals surface area contributed by atoms with Gasteiger partial charge < -0.3 is 9.32 Å². The largest absolute Gasteiger partial charge is 0.455 e. The van der Waals surface area contributed by atoms with Crippen LogP contribution in [0, 0.1) is 0 Å². The summed E-state index contributed by atoms with van der Waals surface area (Å²) in [5, 5.41) is 5.77. The Morgan fingerprint density at radius 3 is 2.52 bits per heavy atom. The molecule has 2 aromatic rings. The topological polar surface area (TPSA) is 116 Å². The van der Waals surface area contributed by atoms with E-state index in [1.54, 1.807) is 11.0 Å². The second-order valence-electron chi connectivity index (χ2n) is 6.21. The molecule has 0 unspecified atom stereocenters. The molecule has 11 heteroatoms. The molecule has 3 rings (SSSR count). The van der Waals surface area contributed by atoms with Crippen LogP contribution in [0.5, 0.6) is 0 Å². The fourth-order valence-corrected chi connectivity index (χ4v) is 4.21. The van der Waals surface area contributed by atoms with Crippen LogP contribution < -0.4 is 0 Å². The smallest absolute Gasteiger partial charge is 0.289 e. The van der Waals surface area contributed by atoms with Gasteiger partial charge in [-0.05, 0) is 25.2 Å². The molecule has 1 N–H and O–H groups in total. The minimum atomic E-state index is -3.71. The van der Waals surface area contributed by atoms with Crippen LogP contribution in [0.15, 0.2) is 28.0 Å². The Morgan fingerprint density at radius 1 is 1.22 bits per heavy atom. The van der Waals surface area contributed by atoms with Crippen LogP contribution in [0.3, 0.4) is 0 Å². The minimum Gasteiger partial charge on any atom is -0.455 e. The fraction of sp³-hybridized carbons (Fsp3) is 0.562. The number of piperazine rings is 1. The van der Waals surface area contributed by atoms with Crippen molar-refractivity contribution < 1.29 is 17.6 Å². The average molecular weight is 396 g/mol. The summed E-state index contributed by atoms with van der Waals surface area (Å²) >= 11 is 0.